The molecule has 15 heavy (non-hydrogen) atoms. The molecule has 0 bridgehead atoms. The Kier molecular flexibility index (Phi) is 2.68. The summed E-state index contributed by atoms with van der Waals surface area (Å²) in [5.74, 6) is 0.435. The fourth-order valence-electron chi connectivity index (χ4n) is 1.38. The molecule has 0 aliphatic carbocycles. The lowest BCUT2D eigenvalue weighted by molar-refractivity contribution is 0.111. The Morgan fingerprint density at radius 1 is 1.47 bits per heavy atom. The molecular formula is C11H9BrN2O. The van der Waals surface area contributed by atoms with Crippen LogP contribution in [0.2, 0.25) is 0 Å². The largest absolute Gasteiger partial charge is 0.331 e. The van der Waals surface area contributed by atoms with Crippen LogP contribution in [0.15, 0.2) is 34.9 Å². The number of carbonyl (C=O) groups is 1. The van der Waals surface area contributed by atoms with E-state index in [2.05, 4.69) is 20.9 Å². The minimum Gasteiger partial charge on any atom is -0.331 e. The average molecular weight is 265 g/mol. The Bertz CT molecular complexity index is 505. The lowest BCUT2D eigenvalue weighted by atomic mass is 10.2. The standard InChI is InChI=1S/C11H9BrN2O/c1-14-6-10(13-11(14)7-15)8-3-2-4-9(12)5-8/h2-7H,1H3. The zero-order chi connectivity index (χ0) is 10.8. The molecule has 0 N–H and O–H groups in total. The summed E-state index contributed by atoms with van der Waals surface area (Å²) in [7, 11) is 1.80. The summed E-state index contributed by atoms with van der Waals surface area (Å²) in [5, 5.41) is 0. The zero-order valence-corrected chi connectivity index (χ0v) is 9.73. The molecule has 4 heteroatoms. The van der Waals surface area contributed by atoms with E-state index in [-0.39, 0.29) is 0 Å². The highest BCUT2D eigenvalue weighted by Gasteiger charge is 2.06. The molecule has 2 rings (SSSR count). The zero-order valence-electron chi connectivity index (χ0n) is 8.14. The highest BCUT2D eigenvalue weighted by molar-refractivity contribution is 9.10. The fourth-order valence-corrected chi connectivity index (χ4v) is 1.78. The van der Waals surface area contributed by atoms with Crippen LogP contribution in [0.1, 0.15) is 10.6 Å². The van der Waals surface area contributed by atoms with Gasteiger partial charge in [-0.3, -0.25) is 4.79 Å². The molecule has 2 aromatic rings. The molecule has 0 aliphatic heterocycles. The first-order valence-corrected chi connectivity index (χ1v) is 5.24. The molecule has 3 nitrogen and oxygen atoms in total. The number of aldehydes is 1. The van der Waals surface area contributed by atoms with Crippen LogP contribution >= 0.6 is 15.9 Å². The van der Waals surface area contributed by atoms with Gasteiger partial charge in [0.2, 0.25) is 0 Å². The van der Waals surface area contributed by atoms with Gasteiger partial charge in [-0.05, 0) is 12.1 Å². The number of carbonyl (C=O) groups excluding carboxylic acids is 1. The number of aromatic nitrogens is 2. The summed E-state index contributed by atoms with van der Waals surface area (Å²) in [6, 6.07) is 7.82. The summed E-state index contributed by atoms with van der Waals surface area (Å²) < 4.78 is 2.71. The van der Waals surface area contributed by atoms with E-state index in [0.717, 1.165) is 22.0 Å². The molecule has 0 spiro atoms. The summed E-state index contributed by atoms with van der Waals surface area (Å²) in [6.45, 7) is 0. The molecule has 1 heterocycles. The predicted molar refractivity (Wildman–Crippen MR) is 61.7 cm³/mol. The predicted octanol–water partition coefficient (Wildman–Crippen LogP) is 2.66. The highest BCUT2D eigenvalue weighted by atomic mass is 79.9. The van der Waals surface area contributed by atoms with Crippen molar-refractivity contribution in [3.05, 3.63) is 40.8 Å². The van der Waals surface area contributed by atoms with Gasteiger partial charge < -0.3 is 4.57 Å². The van der Waals surface area contributed by atoms with Crippen molar-refractivity contribution in [1.82, 2.24) is 9.55 Å². The second-order valence-corrected chi connectivity index (χ2v) is 4.14. The lowest BCUT2D eigenvalue weighted by Gasteiger charge is -1.96. The van der Waals surface area contributed by atoms with Crippen LogP contribution in [0.25, 0.3) is 11.3 Å². The van der Waals surface area contributed by atoms with Crippen molar-refractivity contribution >= 4 is 22.2 Å². The quantitative estimate of drug-likeness (QED) is 0.782. The molecule has 76 valence electrons. The minimum absolute atomic E-state index is 0.435. The van der Waals surface area contributed by atoms with E-state index < -0.39 is 0 Å². The number of hydrogen-bond acceptors (Lipinski definition) is 2. The summed E-state index contributed by atoms with van der Waals surface area (Å²) in [5.41, 5.74) is 1.80. The number of hydrogen-bond donors (Lipinski definition) is 0. The van der Waals surface area contributed by atoms with Gasteiger partial charge in [-0.15, -0.1) is 0 Å². The molecule has 0 radical (unpaired) electrons. The van der Waals surface area contributed by atoms with Crippen LogP contribution in [0.3, 0.4) is 0 Å². The molecular weight excluding hydrogens is 256 g/mol. The van der Waals surface area contributed by atoms with E-state index in [9.17, 15) is 4.79 Å². The molecule has 1 aromatic carbocycles. The third-order valence-electron chi connectivity index (χ3n) is 2.14. The minimum atomic E-state index is 0.435. The van der Waals surface area contributed by atoms with E-state index in [0.29, 0.717) is 5.82 Å². The van der Waals surface area contributed by atoms with Gasteiger partial charge in [0.1, 0.15) is 0 Å². The lowest BCUT2D eigenvalue weighted by Crippen LogP contribution is -1.92. The number of aryl methyl sites for hydroxylation is 1. The van der Waals surface area contributed by atoms with Crippen LogP contribution in [-0.2, 0) is 7.05 Å². The van der Waals surface area contributed by atoms with Crippen molar-refractivity contribution in [3.63, 3.8) is 0 Å². The maximum Gasteiger partial charge on any atom is 0.185 e. The highest BCUT2D eigenvalue weighted by Crippen LogP contribution is 2.21. The second-order valence-electron chi connectivity index (χ2n) is 3.22. The smallest absolute Gasteiger partial charge is 0.185 e. The summed E-state index contributed by atoms with van der Waals surface area (Å²) >= 11 is 3.40. The van der Waals surface area contributed by atoms with Crippen molar-refractivity contribution in [1.29, 1.82) is 0 Å². The Morgan fingerprint density at radius 2 is 2.27 bits per heavy atom. The van der Waals surface area contributed by atoms with Gasteiger partial charge in [-0.2, -0.15) is 0 Å². The molecule has 0 saturated carbocycles. The van der Waals surface area contributed by atoms with Crippen molar-refractivity contribution < 1.29 is 4.79 Å². The third kappa shape index (κ3) is 1.99. The van der Waals surface area contributed by atoms with Gasteiger partial charge >= 0.3 is 0 Å². The van der Waals surface area contributed by atoms with Crippen molar-refractivity contribution in [2.24, 2.45) is 7.05 Å². The van der Waals surface area contributed by atoms with Crippen molar-refractivity contribution in [2.75, 3.05) is 0 Å². The van der Waals surface area contributed by atoms with Gasteiger partial charge in [-0.25, -0.2) is 4.98 Å². The summed E-state index contributed by atoms with van der Waals surface area (Å²) in [6.07, 6.45) is 2.59. The number of rotatable bonds is 2. The fraction of sp³-hybridized carbons (Fsp3) is 0.0909. The topological polar surface area (TPSA) is 34.9 Å². The molecule has 0 unspecified atom stereocenters. The van der Waals surface area contributed by atoms with Crippen LogP contribution in [0.5, 0.6) is 0 Å². The number of nitrogens with zero attached hydrogens (tertiary/aromatic N) is 2. The maximum atomic E-state index is 10.6. The first-order chi connectivity index (χ1) is 7.20. The van der Waals surface area contributed by atoms with E-state index >= 15 is 0 Å². The van der Waals surface area contributed by atoms with Crippen LogP contribution in [-0.4, -0.2) is 15.8 Å². The van der Waals surface area contributed by atoms with Crippen LogP contribution in [0.4, 0.5) is 0 Å². The number of halogens is 1. The molecule has 0 saturated heterocycles. The Morgan fingerprint density at radius 3 is 2.87 bits per heavy atom. The number of imidazole rings is 1. The number of benzene rings is 1. The van der Waals surface area contributed by atoms with E-state index in [1.807, 2.05) is 30.5 Å². The third-order valence-corrected chi connectivity index (χ3v) is 2.63. The average Bonchev–Trinajstić information content (AvgIpc) is 2.60. The van der Waals surface area contributed by atoms with Crippen molar-refractivity contribution in [2.45, 2.75) is 0 Å². The molecule has 0 amide bonds. The first-order valence-electron chi connectivity index (χ1n) is 4.45. The van der Waals surface area contributed by atoms with E-state index in [4.69, 9.17) is 0 Å². The Balaban J connectivity index is 2.49. The van der Waals surface area contributed by atoms with Gasteiger partial charge in [0.25, 0.3) is 0 Å². The van der Waals surface area contributed by atoms with Gasteiger partial charge in [0, 0.05) is 23.3 Å². The van der Waals surface area contributed by atoms with Gasteiger partial charge in [-0.1, -0.05) is 28.1 Å². The summed E-state index contributed by atoms with van der Waals surface area (Å²) in [4.78, 5) is 14.9. The van der Waals surface area contributed by atoms with E-state index in [1.54, 1.807) is 11.6 Å². The normalized spacial score (nSPS) is 10.3. The monoisotopic (exact) mass is 264 g/mol. The maximum absolute atomic E-state index is 10.6. The second kappa shape index (κ2) is 3.98. The first kappa shape index (κ1) is 10.1. The molecule has 0 atom stereocenters. The molecule has 1 aromatic heterocycles. The van der Waals surface area contributed by atoms with Crippen molar-refractivity contribution in [3.8, 4) is 11.3 Å². The Hall–Kier alpha value is -1.42. The van der Waals surface area contributed by atoms with E-state index in [1.165, 1.54) is 0 Å². The van der Waals surface area contributed by atoms with Gasteiger partial charge in [0.15, 0.2) is 12.1 Å². The van der Waals surface area contributed by atoms with Crippen LogP contribution in [0, 0.1) is 0 Å². The molecule has 0 fully saturated rings. The molecule has 0 aliphatic rings. The van der Waals surface area contributed by atoms with Crippen LogP contribution < -0.4 is 0 Å². The SMILES string of the molecule is Cn1cc(-c2cccc(Br)c2)nc1C=O. The van der Waals surface area contributed by atoms with Gasteiger partial charge in [0.05, 0.1) is 5.69 Å². The Labute approximate surface area is 95.9 Å².